The van der Waals surface area contributed by atoms with E-state index in [2.05, 4.69) is 15.3 Å². The summed E-state index contributed by atoms with van der Waals surface area (Å²) in [7, 11) is 0. The molecule has 0 aliphatic heterocycles. The van der Waals surface area contributed by atoms with Crippen LogP contribution in [0.4, 0.5) is 11.5 Å². The molecule has 0 atom stereocenters. The molecule has 0 spiro atoms. The fourth-order valence-corrected chi connectivity index (χ4v) is 1.34. The summed E-state index contributed by atoms with van der Waals surface area (Å²) in [6.45, 7) is 0. The molecule has 0 saturated carbocycles. The first-order chi connectivity index (χ1) is 8.16. The third-order valence-electron chi connectivity index (χ3n) is 2.02. The molecule has 17 heavy (non-hydrogen) atoms. The van der Waals surface area contributed by atoms with Crippen LogP contribution in [-0.2, 0) is 0 Å². The minimum atomic E-state index is -0.405. The normalized spacial score (nSPS) is 9.94. The minimum Gasteiger partial charge on any atom is -0.397 e. The van der Waals surface area contributed by atoms with E-state index in [-0.39, 0.29) is 5.69 Å². The fourth-order valence-electron chi connectivity index (χ4n) is 1.23. The van der Waals surface area contributed by atoms with Gasteiger partial charge in [-0.15, -0.1) is 0 Å². The molecule has 0 aromatic carbocycles. The Morgan fingerprint density at radius 3 is 2.76 bits per heavy atom. The van der Waals surface area contributed by atoms with Crippen LogP contribution < -0.4 is 11.1 Å². The smallest absolute Gasteiger partial charge is 0.277 e. The van der Waals surface area contributed by atoms with E-state index in [0.29, 0.717) is 16.5 Å². The van der Waals surface area contributed by atoms with Crippen molar-refractivity contribution in [1.82, 2.24) is 9.97 Å². The zero-order valence-corrected chi connectivity index (χ0v) is 9.48. The molecule has 0 unspecified atom stereocenters. The third-order valence-corrected chi connectivity index (χ3v) is 2.25. The topological polar surface area (TPSA) is 80.9 Å². The Morgan fingerprint density at radius 2 is 2.12 bits per heavy atom. The molecule has 0 aliphatic carbocycles. The summed E-state index contributed by atoms with van der Waals surface area (Å²) in [4.78, 5) is 19.6. The third kappa shape index (κ3) is 2.70. The van der Waals surface area contributed by atoms with Crippen molar-refractivity contribution in [2.45, 2.75) is 0 Å². The van der Waals surface area contributed by atoms with Gasteiger partial charge in [0, 0.05) is 12.4 Å². The van der Waals surface area contributed by atoms with Crippen LogP contribution in [0.1, 0.15) is 10.5 Å². The highest BCUT2D eigenvalue weighted by Gasteiger charge is 2.11. The predicted molar refractivity (Wildman–Crippen MR) is 65.8 cm³/mol. The van der Waals surface area contributed by atoms with Gasteiger partial charge in [0.1, 0.15) is 5.82 Å². The van der Waals surface area contributed by atoms with Crippen molar-refractivity contribution in [3.05, 3.63) is 47.4 Å². The molecule has 2 aromatic heterocycles. The number of carbonyl (C=O) groups is 1. The van der Waals surface area contributed by atoms with Crippen LogP contribution in [0.15, 0.2) is 36.7 Å². The number of rotatable bonds is 2. The van der Waals surface area contributed by atoms with Crippen LogP contribution in [-0.4, -0.2) is 15.9 Å². The van der Waals surface area contributed by atoms with Gasteiger partial charge in [0.15, 0.2) is 5.69 Å². The van der Waals surface area contributed by atoms with Gasteiger partial charge in [0.25, 0.3) is 5.91 Å². The Morgan fingerprint density at radius 1 is 1.29 bits per heavy atom. The van der Waals surface area contributed by atoms with Gasteiger partial charge in [-0.25, -0.2) is 9.97 Å². The molecule has 0 bridgehead atoms. The lowest BCUT2D eigenvalue weighted by molar-refractivity contribution is 0.102. The van der Waals surface area contributed by atoms with E-state index in [1.165, 1.54) is 12.4 Å². The summed E-state index contributed by atoms with van der Waals surface area (Å²) >= 11 is 5.68. The molecule has 0 radical (unpaired) electrons. The average Bonchev–Trinajstić information content (AvgIpc) is 2.32. The second-order valence-electron chi connectivity index (χ2n) is 3.26. The van der Waals surface area contributed by atoms with Gasteiger partial charge in [-0.05, 0) is 24.3 Å². The molecule has 2 heterocycles. The Labute approximate surface area is 103 Å². The molecule has 0 saturated heterocycles. The highest BCUT2D eigenvalue weighted by Crippen LogP contribution is 2.12. The summed E-state index contributed by atoms with van der Waals surface area (Å²) in [6.07, 6.45) is 2.94. The summed E-state index contributed by atoms with van der Waals surface area (Å²) in [6, 6.07) is 6.50. The summed E-state index contributed by atoms with van der Waals surface area (Å²) < 4.78 is 0. The monoisotopic (exact) mass is 248 g/mol. The number of aromatic nitrogens is 2. The quantitative estimate of drug-likeness (QED) is 0.851. The molecule has 2 rings (SSSR count). The fraction of sp³-hybridized carbons (Fsp3) is 0. The van der Waals surface area contributed by atoms with E-state index in [9.17, 15) is 4.79 Å². The summed E-state index contributed by atoms with van der Waals surface area (Å²) in [5.74, 6) is -0.0117. The Balaban J connectivity index is 2.17. The molecular formula is C11H9ClN4O. The summed E-state index contributed by atoms with van der Waals surface area (Å²) in [5.41, 5.74) is 6.12. The van der Waals surface area contributed by atoms with Gasteiger partial charge in [0.2, 0.25) is 0 Å². The number of nitrogen functional groups attached to an aromatic ring is 1. The first kappa shape index (κ1) is 11.3. The number of amides is 1. The van der Waals surface area contributed by atoms with Crippen molar-refractivity contribution in [2.24, 2.45) is 0 Å². The van der Waals surface area contributed by atoms with E-state index in [1.807, 2.05) is 0 Å². The molecule has 6 heteroatoms. The van der Waals surface area contributed by atoms with Crippen LogP contribution in [0.3, 0.4) is 0 Å². The zero-order valence-electron chi connectivity index (χ0n) is 8.72. The molecule has 0 aliphatic rings. The van der Waals surface area contributed by atoms with Crippen LogP contribution >= 0.6 is 11.6 Å². The second-order valence-corrected chi connectivity index (χ2v) is 3.69. The Kier molecular flexibility index (Phi) is 3.20. The highest BCUT2D eigenvalue weighted by atomic mass is 35.5. The Hall–Kier alpha value is -2.14. The molecule has 1 amide bonds. The van der Waals surface area contributed by atoms with Crippen LogP contribution in [0.2, 0.25) is 5.02 Å². The average molecular weight is 249 g/mol. The van der Waals surface area contributed by atoms with Crippen molar-refractivity contribution in [2.75, 3.05) is 11.1 Å². The van der Waals surface area contributed by atoms with Crippen LogP contribution in [0.25, 0.3) is 0 Å². The van der Waals surface area contributed by atoms with Gasteiger partial charge < -0.3 is 11.1 Å². The number of anilines is 2. The molecule has 2 aromatic rings. The minimum absolute atomic E-state index is 0.171. The maximum absolute atomic E-state index is 11.8. The molecule has 86 valence electrons. The maximum Gasteiger partial charge on any atom is 0.277 e. The van der Waals surface area contributed by atoms with Crippen molar-refractivity contribution in [3.8, 4) is 0 Å². The van der Waals surface area contributed by atoms with Crippen molar-refractivity contribution >= 4 is 29.0 Å². The molecular weight excluding hydrogens is 240 g/mol. The van der Waals surface area contributed by atoms with Crippen molar-refractivity contribution < 1.29 is 4.79 Å². The number of halogens is 1. The first-order valence-electron chi connectivity index (χ1n) is 4.80. The van der Waals surface area contributed by atoms with Crippen LogP contribution in [0, 0.1) is 0 Å². The van der Waals surface area contributed by atoms with E-state index in [4.69, 9.17) is 17.3 Å². The number of hydrogen-bond acceptors (Lipinski definition) is 4. The number of nitrogens with one attached hydrogen (secondary N) is 1. The SMILES string of the molecule is Nc1cccnc1C(=O)Nc1ccc(Cl)cn1. The largest absolute Gasteiger partial charge is 0.397 e. The lowest BCUT2D eigenvalue weighted by atomic mass is 10.3. The van der Waals surface area contributed by atoms with E-state index in [1.54, 1.807) is 24.3 Å². The standard InChI is InChI=1S/C11H9ClN4O/c12-7-3-4-9(15-6-7)16-11(17)10-8(13)2-1-5-14-10/h1-6H,13H2,(H,15,16,17). The number of hydrogen-bond donors (Lipinski definition) is 2. The van der Waals surface area contributed by atoms with Crippen LogP contribution in [0.5, 0.6) is 0 Å². The number of nitrogens with two attached hydrogens (primary N) is 1. The van der Waals surface area contributed by atoms with Gasteiger partial charge in [-0.1, -0.05) is 11.6 Å². The number of carbonyl (C=O) groups excluding carboxylic acids is 1. The van der Waals surface area contributed by atoms with Gasteiger partial charge >= 0.3 is 0 Å². The van der Waals surface area contributed by atoms with E-state index in [0.717, 1.165) is 0 Å². The molecule has 3 N–H and O–H groups in total. The maximum atomic E-state index is 11.8. The zero-order chi connectivity index (χ0) is 12.3. The Bertz CT molecular complexity index is 541. The molecule has 0 fully saturated rings. The first-order valence-corrected chi connectivity index (χ1v) is 5.18. The molecule has 5 nitrogen and oxygen atoms in total. The van der Waals surface area contributed by atoms with Crippen molar-refractivity contribution in [1.29, 1.82) is 0 Å². The number of pyridine rings is 2. The number of nitrogens with zero attached hydrogens (tertiary/aromatic N) is 2. The van der Waals surface area contributed by atoms with Crippen molar-refractivity contribution in [3.63, 3.8) is 0 Å². The summed E-state index contributed by atoms with van der Waals surface area (Å²) in [5, 5.41) is 3.08. The van der Waals surface area contributed by atoms with Gasteiger partial charge in [0.05, 0.1) is 10.7 Å². The van der Waals surface area contributed by atoms with Gasteiger partial charge in [-0.3, -0.25) is 4.79 Å². The highest BCUT2D eigenvalue weighted by molar-refractivity contribution is 6.30. The van der Waals surface area contributed by atoms with E-state index >= 15 is 0 Å². The lowest BCUT2D eigenvalue weighted by Gasteiger charge is -2.05. The second kappa shape index (κ2) is 4.80. The lowest BCUT2D eigenvalue weighted by Crippen LogP contribution is -2.16. The predicted octanol–water partition coefficient (Wildman–Crippen LogP) is 1.96. The van der Waals surface area contributed by atoms with Gasteiger partial charge in [-0.2, -0.15) is 0 Å². The van der Waals surface area contributed by atoms with E-state index < -0.39 is 5.91 Å².